The number of aryl methyl sites for hydroxylation is 2. The lowest BCUT2D eigenvalue weighted by Crippen LogP contribution is -2.14. The molecule has 2 aromatic heterocycles. The van der Waals surface area contributed by atoms with Crippen LogP contribution >= 0.6 is 22.7 Å². The molecule has 0 aliphatic carbocycles. The van der Waals surface area contributed by atoms with E-state index in [9.17, 15) is 9.59 Å². The maximum atomic E-state index is 12.4. The molecule has 0 spiro atoms. The molecule has 0 aliphatic heterocycles. The summed E-state index contributed by atoms with van der Waals surface area (Å²) in [4.78, 5) is 23.5. The third kappa shape index (κ3) is 7.06. The number of aromatic nitrogens is 4. The largest absolute Gasteiger partial charge is 0.493 e. The van der Waals surface area contributed by atoms with Crippen molar-refractivity contribution in [3.63, 3.8) is 0 Å². The summed E-state index contributed by atoms with van der Waals surface area (Å²) >= 11 is 2.87. The lowest BCUT2D eigenvalue weighted by atomic mass is 10.1. The molecule has 3 aromatic rings. The van der Waals surface area contributed by atoms with Crippen molar-refractivity contribution in [2.45, 2.75) is 45.4 Å². The van der Waals surface area contributed by atoms with Gasteiger partial charge >= 0.3 is 0 Å². The number of nitrogens with one attached hydrogen (secondary N) is 1. The SMILES string of the molecule is COc1ccc(CC(=O)Nc2nnc(CCCCc3nnc(CC(C)=O)s3)s2)cc1OC. The molecule has 170 valence electrons. The number of rotatable bonds is 12. The highest BCUT2D eigenvalue weighted by Gasteiger charge is 2.12. The van der Waals surface area contributed by atoms with E-state index >= 15 is 0 Å². The van der Waals surface area contributed by atoms with E-state index in [1.807, 2.05) is 6.07 Å². The van der Waals surface area contributed by atoms with E-state index in [-0.39, 0.29) is 18.1 Å². The van der Waals surface area contributed by atoms with Crippen LogP contribution in [-0.4, -0.2) is 46.3 Å². The van der Waals surface area contributed by atoms with Crippen LogP contribution in [0, 0.1) is 0 Å². The van der Waals surface area contributed by atoms with Gasteiger partial charge in [0.1, 0.15) is 20.8 Å². The van der Waals surface area contributed by atoms with Gasteiger partial charge in [0.2, 0.25) is 11.0 Å². The van der Waals surface area contributed by atoms with Crippen LogP contribution < -0.4 is 14.8 Å². The highest BCUT2D eigenvalue weighted by molar-refractivity contribution is 7.15. The van der Waals surface area contributed by atoms with Crippen LogP contribution in [0.25, 0.3) is 0 Å². The molecule has 0 unspecified atom stereocenters. The number of unbranched alkanes of at least 4 members (excludes halogenated alkanes) is 1. The smallest absolute Gasteiger partial charge is 0.230 e. The van der Waals surface area contributed by atoms with Crippen LogP contribution in [0.5, 0.6) is 11.5 Å². The Morgan fingerprint density at radius 3 is 2.22 bits per heavy atom. The average molecular weight is 476 g/mol. The predicted octanol–water partition coefficient (Wildman–Crippen LogP) is 3.28. The van der Waals surface area contributed by atoms with Crippen molar-refractivity contribution in [2.75, 3.05) is 19.5 Å². The zero-order valence-electron chi connectivity index (χ0n) is 18.2. The normalized spacial score (nSPS) is 10.7. The number of methoxy groups -OCH3 is 2. The number of carbonyl (C=O) groups is 2. The number of ketones is 1. The maximum absolute atomic E-state index is 12.4. The molecular formula is C21H25N5O4S2. The van der Waals surface area contributed by atoms with Gasteiger partial charge in [-0.25, -0.2) is 0 Å². The van der Waals surface area contributed by atoms with E-state index in [0.717, 1.165) is 46.3 Å². The quantitative estimate of drug-likeness (QED) is 0.397. The number of nitrogens with zero attached hydrogens (tertiary/aromatic N) is 4. The van der Waals surface area contributed by atoms with Gasteiger partial charge in [0.25, 0.3) is 0 Å². The minimum Gasteiger partial charge on any atom is -0.493 e. The molecular weight excluding hydrogens is 450 g/mol. The van der Waals surface area contributed by atoms with Crippen LogP contribution in [0.3, 0.4) is 0 Å². The van der Waals surface area contributed by atoms with Crippen molar-refractivity contribution in [2.24, 2.45) is 0 Å². The molecule has 0 aliphatic rings. The fraction of sp³-hybridized carbons (Fsp3) is 0.429. The van der Waals surface area contributed by atoms with Crippen molar-refractivity contribution in [3.05, 3.63) is 38.8 Å². The van der Waals surface area contributed by atoms with Crippen molar-refractivity contribution >= 4 is 39.5 Å². The highest BCUT2D eigenvalue weighted by atomic mass is 32.1. The molecule has 1 amide bonds. The van der Waals surface area contributed by atoms with Gasteiger partial charge in [0, 0.05) is 12.8 Å². The molecule has 0 radical (unpaired) electrons. The van der Waals surface area contributed by atoms with Gasteiger partial charge < -0.3 is 14.8 Å². The molecule has 0 fully saturated rings. The van der Waals surface area contributed by atoms with Crippen LogP contribution in [-0.2, 0) is 35.3 Å². The first kappa shape index (κ1) is 23.7. The Morgan fingerprint density at radius 1 is 0.875 bits per heavy atom. The van der Waals surface area contributed by atoms with Crippen molar-refractivity contribution < 1.29 is 19.1 Å². The molecule has 1 N–H and O–H groups in total. The fourth-order valence-electron chi connectivity index (χ4n) is 2.97. The molecule has 3 rings (SSSR count). The Kier molecular flexibility index (Phi) is 8.63. The summed E-state index contributed by atoms with van der Waals surface area (Å²) in [6.45, 7) is 1.55. The Labute approximate surface area is 194 Å². The van der Waals surface area contributed by atoms with Gasteiger partial charge in [-0.15, -0.1) is 31.7 Å². The topological polar surface area (TPSA) is 116 Å². The number of hydrogen-bond donors (Lipinski definition) is 1. The lowest BCUT2D eigenvalue weighted by Gasteiger charge is -2.09. The second kappa shape index (κ2) is 11.6. The number of benzene rings is 1. The van der Waals surface area contributed by atoms with E-state index in [4.69, 9.17) is 9.47 Å². The molecule has 0 atom stereocenters. The van der Waals surface area contributed by atoms with E-state index in [1.165, 1.54) is 22.7 Å². The van der Waals surface area contributed by atoms with Crippen molar-refractivity contribution in [1.82, 2.24) is 20.4 Å². The van der Waals surface area contributed by atoms with E-state index in [1.54, 1.807) is 33.3 Å². The Hall–Kier alpha value is -2.92. The van der Waals surface area contributed by atoms with Gasteiger partial charge in [-0.05, 0) is 37.5 Å². The Morgan fingerprint density at radius 2 is 1.53 bits per heavy atom. The molecule has 0 saturated heterocycles. The van der Waals surface area contributed by atoms with Crippen molar-refractivity contribution in [3.8, 4) is 11.5 Å². The molecule has 0 bridgehead atoms. The van der Waals surface area contributed by atoms with Gasteiger partial charge in [-0.3, -0.25) is 9.59 Å². The Bertz CT molecular complexity index is 1070. The van der Waals surface area contributed by atoms with Gasteiger partial charge in [-0.1, -0.05) is 17.4 Å². The summed E-state index contributed by atoms with van der Waals surface area (Å²) in [5.41, 5.74) is 0.813. The number of anilines is 1. The average Bonchev–Trinajstić information content (AvgIpc) is 3.39. The highest BCUT2D eigenvalue weighted by Crippen LogP contribution is 2.28. The second-order valence-electron chi connectivity index (χ2n) is 7.09. The van der Waals surface area contributed by atoms with Crippen LogP contribution in [0.4, 0.5) is 5.13 Å². The first-order chi connectivity index (χ1) is 15.5. The fourth-order valence-corrected chi connectivity index (χ4v) is 4.73. The van der Waals surface area contributed by atoms with Gasteiger partial charge in [0.15, 0.2) is 11.5 Å². The van der Waals surface area contributed by atoms with E-state index < -0.39 is 0 Å². The number of carbonyl (C=O) groups excluding carboxylic acids is 2. The van der Waals surface area contributed by atoms with E-state index in [0.29, 0.717) is 23.1 Å². The molecule has 9 nitrogen and oxygen atoms in total. The maximum Gasteiger partial charge on any atom is 0.230 e. The second-order valence-corrected chi connectivity index (χ2v) is 9.30. The molecule has 1 aromatic carbocycles. The van der Waals surface area contributed by atoms with E-state index in [2.05, 4.69) is 25.7 Å². The van der Waals surface area contributed by atoms with Crippen LogP contribution in [0.2, 0.25) is 0 Å². The van der Waals surface area contributed by atoms with Crippen LogP contribution in [0.15, 0.2) is 18.2 Å². The zero-order valence-corrected chi connectivity index (χ0v) is 19.8. The molecule has 11 heteroatoms. The molecule has 0 saturated carbocycles. The number of hydrogen-bond acceptors (Lipinski definition) is 10. The summed E-state index contributed by atoms with van der Waals surface area (Å²) in [7, 11) is 3.13. The van der Waals surface area contributed by atoms with Crippen molar-refractivity contribution in [1.29, 1.82) is 0 Å². The first-order valence-electron chi connectivity index (χ1n) is 10.1. The number of Topliss-reactive ketones (excluding diaryl/α,β-unsaturated/α-hetero) is 1. The molecule has 2 heterocycles. The number of amides is 1. The van der Waals surface area contributed by atoms with Crippen LogP contribution in [0.1, 0.15) is 40.4 Å². The van der Waals surface area contributed by atoms with Gasteiger partial charge in [0.05, 0.1) is 27.1 Å². The summed E-state index contributed by atoms with van der Waals surface area (Å²) in [5, 5.41) is 22.3. The lowest BCUT2D eigenvalue weighted by molar-refractivity contribution is -0.116. The zero-order chi connectivity index (χ0) is 22.9. The first-order valence-corrected chi connectivity index (χ1v) is 11.7. The Balaban J connectivity index is 1.42. The monoisotopic (exact) mass is 475 g/mol. The minimum absolute atomic E-state index is 0.0931. The summed E-state index contributed by atoms with van der Waals surface area (Å²) in [6, 6.07) is 5.38. The minimum atomic E-state index is -0.169. The predicted molar refractivity (Wildman–Crippen MR) is 123 cm³/mol. The molecule has 32 heavy (non-hydrogen) atoms. The summed E-state index contributed by atoms with van der Waals surface area (Å²) in [6.07, 6.45) is 4.02. The number of ether oxygens (including phenoxy) is 2. The third-order valence-corrected chi connectivity index (χ3v) is 6.35. The standard InChI is InChI=1S/C21H25N5O4S2/c1-13(27)10-20-25-23-18(31-20)6-4-5-7-19-24-26-21(32-19)22-17(28)12-14-8-9-15(29-2)16(11-14)30-3/h8-9,11H,4-7,10,12H2,1-3H3,(H,22,26,28). The van der Waals surface area contributed by atoms with Gasteiger partial charge in [-0.2, -0.15) is 0 Å². The summed E-state index contributed by atoms with van der Waals surface area (Å²) in [5.74, 6) is 1.13. The summed E-state index contributed by atoms with van der Waals surface area (Å²) < 4.78 is 10.5. The third-order valence-electron chi connectivity index (χ3n) is 4.47.